The van der Waals surface area contributed by atoms with E-state index in [-0.39, 0.29) is 41.9 Å². The van der Waals surface area contributed by atoms with Crippen LogP contribution >= 0.6 is 34.5 Å². The van der Waals surface area contributed by atoms with E-state index in [0.29, 0.717) is 50.9 Å². The van der Waals surface area contributed by atoms with Crippen LogP contribution < -0.4 is 20.9 Å². The van der Waals surface area contributed by atoms with E-state index in [4.69, 9.17) is 23.2 Å². The van der Waals surface area contributed by atoms with Crippen LogP contribution in [-0.2, 0) is 18.3 Å². The van der Waals surface area contributed by atoms with E-state index in [1.165, 1.54) is 18.3 Å². The Morgan fingerprint density at radius 2 is 1.79 bits per heavy atom. The molecular formula is C36H35Cl2FN8O5S. The highest BCUT2D eigenvalue weighted by Gasteiger charge is 2.43. The molecule has 0 spiro atoms. The average Bonchev–Trinajstić information content (AvgIpc) is 3.76. The van der Waals surface area contributed by atoms with Crippen LogP contribution in [0, 0.1) is 11.7 Å². The van der Waals surface area contributed by atoms with Gasteiger partial charge in [0.1, 0.15) is 10.2 Å². The number of aromatic nitrogens is 2. The van der Waals surface area contributed by atoms with Crippen LogP contribution in [0.25, 0.3) is 11.3 Å². The second-order valence-corrected chi connectivity index (χ2v) is 15.3. The number of hydrazine groups is 1. The van der Waals surface area contributed by atoms with Crippen molar-refractivity contribution in [3.05, 3.63) is 91.5 Å². The summed E-state index contributed by atoms with van der Waals surface area (Å²) in [6, 6.07) is 12.0. The van der Waals surface area contributed by atoms with Gasteiger partial charge in [0, 0.05) is 50.4 Å². The van der Waals surface area contributed by atoms with E-state index in [1.54, 1.807) is 42.1 Å². The number of rotatable bonds is 11. The number of hydrogen-bond donors (Lipinski definition) is 3. The molecule has 0 radical (unpaired) electrons. The number of nitrogens with zero attached hydrogens (tertiary/aromatic N) is 5. The number of hydrogen-bond acceptors (Lipinski definition) is 9. The molecule has 276 valence electrons. The molecule has 2 aromatic carbocycles. The summed E-state index contributed by atoms with van der Waals surface area (Å²) in [6.07, 6.45) is 3.64. The maximum absolute atomic E-state index is 14.1. The van der Waals surface area contributed by atoms with E-state index < -0.39 is 23.8 Å². The molecule has 5 heterocycles. The van der Waals surface area contributed by atoms with Crippen LogP contribution in [0.1, 0.15) is 55.2 Å². The standard InChI is InChI=1S/C36H35Cl2FN8O5S/c1-44-31(28(37)19-41-44)27-16-29(53-32(27)38)33(49)42-23(14-21-3-2-4-22(39)13-21)18-40-17-20-7-10-45(11-8-20)24-5-6-25-26(15-24)35(51)47(34(25)50)46-12-9-30(48)43-36(46)52/h2-6,13,15-16,19-20,23,40H,7-12,14,17-18H2,1H3,(H,42,49)(H,43,48,52)/t23-/m0/s1. The molecule has 0 unspecified atom stereocenters. The van der Waals surface area contributed by atoms with Gasteiger partial charge >= 0.3 is 6.03 Å². The first-order valence-corrected chi connectivity index (χ1v) is 18.7. The first kappa shape index (κ1) is 36.5. The summed E-state index contributed by atoms with van der Waals surface area (Å²) in [4.78, 5) is 66.3. The molecule has 17 heteroatoms. The molecule has 0 aliphatic carbocycles. The van der Waals surface area contributed by atoms with Gasteiger partial charge in [-0.15, -0.1) is 11.3 Å². The highest BCUT2D eigenvalue weighted by molar-refractivity contribution is 7.18. The number of aryl methyl sites for hydroxylation is 1. The minimum atomic E-state index is -0.803. The van der Waals surface area contributed by atoms with Gasteiger partial charge in [-0.25, -0.2) is 14.2 Å². The lowest BCUT2D eigenvalue weighted by Gasteiger charge is -2.34. The number of fused-ring (bicyclic) bond motifs is 1. The van der Waals surface area contributed by atoms with E-state index in [0.717, 1.165) is 58.5 Å². The van der Waals surface area contributed by atoms with Crippen molar-refractivity contribution in [3.8, 4) is 11.3 Å². The minimum absolute atomic E-state index is 0.00876. The molecule has 0 saturated carbocycles. The van der Waals surface area contributed by atoms with Crippen molar-refractivity contribution in [1.82, 2.24) is 35.7 Å². The van der Waals surface area contributed by atoms with Crippen LogP contribution in [0.2, 0.25) is 9.36 Å². The lowest BCUT2D eigenvalue weighted by atomic mass is 9.95. The molecule has 2 aromatic heterocycles. The van der Waals surface area contributed by atoms with E-state index in [1.807, 2.05) is 6.07 Å². The van der Waals surface area contributed by atoms with Crippen molar-refractivity contribution in [2.75, 3.05) is 37.6 Å². The lowest BCUT2D eigenvalue weighted by molar-refractivity contribution is -0.122. The Morgan fingerprint density at radius 3 is 2.51 bits per heavy atom. The minimum Gasteiger partial charge on any atom is -0.371 e. The number of carbonyl (C=O) groups is 5. The smallest absolute Gasteiger partial charge is 0.343 e. The van der Waals surface area contributed by atoms with Crippen LogP contribution in [0.5, 0.6) is 0 Å². The van der Waals surface area contributed by atoms with Gasteiger partial charge in [-0.1, -0.05) is 35.3 Å². The Bertz CT molecular complexity index is 2100. The van der Waals surface area contributed by atoms with Crippen molar-refractivity contribution in [2.24, 2.45) is 13.0 Å². The highest BCUT2D eigenvalue weighted by Crippen LogP contribution is 2.39. The van der Waals surface area contributed by atoms with Crippen LogP contribution in [0.4, 0.5) is 14.9 Å². The van der Waals surface area contributed by atoms with Crippen molar-refractivity contribution >= 4 is 69.9 Å². The molecule has 7 rings (SSSR count). The van der Waals surface area contributed by atoms with Crippen molar-refractivity contribution in [1.29, 1.82) is 0 Å². The Balaban J connectivity index is 0.954. The molecule has 3 aliphatic rings. The molecule has 4 aromatic rings. The quantitative estimate of drug-likeness (QED) is 0.182. The summed E-state index contributed by atoms with van der Waals surface area (Å²) in [6.45, 7) is 2.53. The number of nitrogens with one attached hydrogen (secondary N) is 3. The number of anilines is 1. The number of benzene rings is 2. The number of amides is 6. The summed E-state index contributed by atoms with van der Waals surface area (Å²) in [5.41, 5.74) is 3.22. The Morgan fingerprint density at radius 1 is 1.02 bits per heavy atom. The Kier molecular flexibility index (Phi) is 10.5. The number of halogens is 3. The summed E-state index contributed by atoms with van der Waals surface area (Å²) in [5, 5.41) is 15.1. The van der Waals surface area contributed by atoms with Gasteiger partial charge in [-0.3, -0.25) is 29.2 Å². The second-order valence-electron chi connectivity index (χ2n) is 13.2. The molecule has 6 amide bonds. The fourth-order valence-corrected chi connectivity index (χ4v) is 8.42. The van der Waals surface area contributed by atoms with Crippen LogP contribution in [0.15, 0.2) is 54.7 Å². The van der Waals surface area contributed by atoms with Gasteiger partial charge in [-0.2, -0.15) is 10.1 Å². The number of piperidine rings is 1. The van der Waals surface area contributed by atoms with Crippen LogP contribution in [-0.4, -0.2) is 88.2 Å². The molecule has 3 aliphatic heterocycles. The van der Waals surface area contributed by atoms with Gasteiger partial charge in [0.25, 0.3) is 17.7 Å². The summed E-state index contributed by atoms with van der Waals surface area (Å²) < 4.78 is 16.1. The SMILES string of the molecule is Cn1ncc(Cl)c1-c1cc(C(=O)N[C@H](CNCC2CCN(c3ccc4c(c3)C(=O)N(N3CCC(=O)NC3=O)C4=O)CC2)Cc2cccc(F)c2)sc1Cl. The molecule has 13 nitrogen and oxygen atoms in total. The third kappa shape index (κ3) is 7.65. The molecular weight excluding hydrogens is 746 g/mol. The van der Waals surface area contributed by atoms with E-state index >= 15 is 0 Å². The van der Waals surface area contributed by atoms with Gasteiger partial charge in [-0.05, 0) is 73.7 Å². The molecule has 2 saturated heterocycles. The summed E-state index contributed by atoms with van der Waals surface area (Å²) >= 11 is 14.0. The summed E-state index contributed by atoms with van der Waals surface area (Å²) in [5.74, 6) is -1.97. The highest BCUT2D eigenvalue weighted by atomic mass is 35.5. The zero-order valence-corrected chi connectivity index (χ0v) is 30.9. The first-order chi connectivity index (χ1) is 25.5. The normalized spacial score (nSPS) is 17.0. The predicted octanol–water partition coefficient (Wildman–Crippen LogP) is 4.89. The third-order valence-corrected chi connectivity index (χ3v) is 11.3. The number of thiophene rings is 1. The Labute approximate surface area is 318 Å². The predicted molar refractivity (Wildman–Crippen MR) is 198 cm³/mol. The molecule has 2 fully saturated rings. The number of imide groups is 2. The van der Waals surface area contributed by atoms with Crippen molar-refractivity contribution in [3.63, 3.8) is 0 Å². The van der Waals surface area contributed by atoms with Crippen molar-refractivity contribution in [2.45, 2.75) is 31.7 Å². The largest absolute Gasteiger partial charge is 0.371 e. The van der Waals surface area contributed by atoms with Crippen molar-refractivity contribution < 1.29 is 28.4 Å². The summed E-state index contributed by atoms with van der Waals surface area (Å²) in [7, 11) is 1.75. The second kappa shape index (κ2) is 15.3. The number of carbonyl (C=O) groups excluding carboxylic acids is 5. The third-order valence-electron chi connectivity index (χ3n) is 9.69. The lowest BCUT2D eigenvalue weighted by Crippen LogP contribution is -2.58. The fraction of sp³-hybridized carbons (Fsp3) is 0.333. The topological polar surface area (TPSA) is 149 Å². The monoisotopic (exact) mass is 780 g/mol. The van der Waals surface area contributed by atoms with Gasteiger partial charge in [0.2, 0.25) is 5.91 Å². The average molecular weight is 782 g/mol. The number of urea groups is 1. The molecule has 1 atom stereocenters. The fourth-order valence-electron chi connectivity index (χ4n) is 6.97. The van der Waals surface area contributed by atoms with E-state index in [9.17, 15) is 28.4 Å². The van der Waals surface area contributed by atoms with Gasteiger partial charge in [0.15, 0.2) is 0 Å². The van der Waals surface area contributed by atoms with Gasteiger partial charge < -0.3 is 15.5 Å². The zero-order valence-electron chi connectivity index (χ0n) is 28.5. The molecule has 0 bridgehead atoms. The van der Waals surface area contributed by atoms with Gasteiger partial charge in [0.05, 0.1) is 39.5 Å². The molecule has 53 heavy (non-hydrogen) atoms. The van der Waals surface area contributed by atoms with E-state index in [2.05, 4.69) is 25.9 Å². The maximum atomic E-state index is 14.1. The molecule has 3 N–H and O–H groups in total. The maximum Gasteiger partial charge on any atom is 0.343 e. The van der Waals surface area contributed by atoms with Crippen LogP contribution in [0.3, 0.4) is 0 Å². The first-order valence-electron chi connectivity index (χ1n) is 17.1. The zero-order chi connectivity index (χ0) is 37.4. The Hall–Kier alpha value is -4.83.